The van der Waals surface area contributed by atoms with Crippen LogP contribution >= 0.6 is 11.8 Å². The Balaban J connectivity index is 2.78. The Kier molecular flexibility index (Phi) is 6.72. The molecule has 0 radical (unpaired) electrons. The largest absolute Gasteiger partial charge is 0.416 e. The maximum Gasteiger partial charge on any atom is 0.416 e. The summed E-state index contributed by atoms with van der Waals surface area (Å²) in [6.07, 6.45) is -3.25. The van der Waals surface area contributed by atoms with Gasteiger partial charge in [-0.05, 0) is 36.4 Å². The van der Waals surface area contributed by atoms with Crippen LogP contribution in [0.1, 0.15) is 37.4 Å². The molecule has 0 heterocycles. The first kappa shape index (κ1) is 16.4. The molecule has 0 aromatic heterocycles. The number of hydrogen-bond donors (Lipinski definition) is 1. The lowest BCUT2D eigenvalue weighted by molar-refractivity contribution is -0.137. The molecule has 19 heavy (non-hydrogen) atoms. The molecule has 0 saturated carbocycles. The van der Waals surface area contributed by atoms with Crippen LogP contribution in [0.4, 0.5) is 13.2 Å². The van der Waals surface area contributed by atoms with Crippen LogP contribution in [0, 0.1) is 0 Å². The van der Waals surface area contributed by atoms with Crippen LogP contribution in [0.5, 0.6) is 0 Å². The molecular formula is C14H20F3NS. The van der Waals surface area contributed by atoms with E-state index in [4.69, 9.17) is 0 Å². The van der Waals surface area contributed by atoms with E-state index in [9.17, 15) is 13.2 Å². The molecule has 0 amide bonds. The first-order chi connectivity index (χ1) is 8.99. The second-order valence-electron chi connectivity index (χ2n) is 4.29. The number of hydrogen-bond acceptors (Lipinski definition) is 2. The van der Waals surface area contributed by atoms with Crippen LogP contribution in [0.25, 0.3) is 0 Å². The number of halogens is 3. The van der Waals surface area contributed by atoms with E-state index in [-0.39, 0.29) is 6.04 Å². The molecule has 1 atom stereocenters. The molecule has 1 aromatic carbocycles. The highest BCUT2D eigenvalue weighted by Crippen LogP contribution is 2.30. The summed E-state index contributed by atoms with van der Waals surface area (Å²) in [6, 6.07) is 5.59. The minimum Gasteiger partial charge on any atom is -0.309 e. The van der Waals surface area contributed by atoms with Crippen molar-refractivity contribution in [3.8, 4) is 0 Å². The molecule has 108 valence electrons. The fourth-order valence-corrected chi connectivity index (χ4v) is 2.51. The molecule has 1 unspecified atom stereocenters. The first-order valence-electron chi connectivity index (χ1n) is 6.47. The van der Waals surface area contributed by atoms with Gasteiger partial charge in [0, 0.05) is 11.8 Å². The van der Waals surface area contributed by atoms with Crippen LogP contribution in [0.3, 0.4) is 0 Å². The smallest absolute Gasteiger partial charge is 0.309 e. The standard InChI is InChI=1S/C14H20F3NS/c1-3-9-18-13(10-19-4-2)11-5-7-12(8-6-11)14(15,16)17/h5-8,13,18H,3-4,9-10H2,1-2H3. The van der Waals surface area contributed by atoms with Gasteiger partial charge in [-0.25, -0.2) is 0 Å². The SMILES string of the molecule is CCCNC(CSCC)c1ccc(C(F)(F)F)cc1. The van der Waals surface area contributed by atoms with Crippen LogP contribution < -0.4 is 5.32 Å². The topological polar surface area (TPSA) is 12.0 Å². The van der Waals surface area contributed by atoms with Gasteiger partial charge in [0.25, 0.3) is 0 Å². The maximum absolute atomic E-state index is 12.5. The Morgan fingerprint density at radius 2 is 1.79 bits per heavy atom. The number of rotatable bonds is 7. The van der Waals surface area contributed by atoms with Gasteiger partial charge in [0.2, 0.25) is 0 Å². The minimum atomic E-state index is -4.26. The molecule has 1 rings (SSSR count). The minimum absolute atomic E-state index is 0.118. The van der Waals surface area contributed by atoms with E-state index in [1.165, 1.54) is 0 Å². The third-order valence-electron chi connectivity index (χ3n) is 2.77. The first-order valence-corrected chi connectivity index (χ1v) is 7.62. The van der Waals surface area contributed by atoms with E-state index < -0.39 is 11.7 Å². The van der Waals surface area contributed by atoms with Gasteiger partial charge < -0.3 is 5.32 Å². The summed E-state index contributed by atoms with van der Waals surface area (Å²) in [5.41, 5.74) is 0.330. The maximum atomic E-state index is 12.5. The van der Waals surface area contributed by atoms with Gasteiger partial charge in [0.15, 0.2) is 0 Å². The molecule has 0 saturated heterocycles. The van der Waals surface area contributed by atoms with E-state index >= 15 is 0 Å². The molecule has 0 spiro atoms. The summed E-state index contributed by atoms with van der Waals surface area (Å²) >= 11 is 1.79. The summed E-state index contributed by atoms with van der Waals surface area (Å²) in [7, 11) is 0. The van der Waals surface area contributed by atoms with E-state index in [1.807, 2.05) is 0 Å². The van der Waals surface area contributed by atoms with Crippen LogP contribution in [0.15, 0.2) is 24.3 Å². The average Bonchev–Trinajstić information content (AvgIpc) is 2.38. The second-order valence-corrected chi connectivity index (χ2v) is 5.60. The highest BCUT2D eigenvalue weighted by Gasteiger charge is 2.30. The Morgan fingerprint density at radius 1 is 1.16 bits per heavy atom. The average molecular weight is 291 g/mol. The molecule has 0 aliphatic heterocycles. The van der Waals surface area contributed by atoms with Gasteiger partial charge >= 0.3 is 6.18 Å². The molecule has 1 nitrogen and oxygen atoms in total. The third kappa shape index (κ3) is 5.45. The van der Waals surface area contributed by atoms with Gasteiger partial charge in [0.1, 0.15) is 0 Å². The number of alkyl halides is 3. The van der Waals surface area contributed by atoms with Gasteiger partial charge in [-0.15, -0.1) is 0 Å². The molecule has 0 fully saturated rings. The van der Waals surface area contributed by atoms with Crippen molar-refractivity contribution >= 4 is 11.8 Å². The summed E-state index contributed by atoms with van der Waals surface area (Å²) in [6.45, 7) is 5.02. The van der Waals surface area contributed by atoms with Crippen molar-refractivity contribution in [1.29, 1.82) is 0 Å². The Bertz CT molecular complexity index is 354. The Labute approximate surface area is 117 Å². The molecular weight excluding hydrogens is 271 g/mol. The van der Waals surface area contributed by atoms with Crippen molar-refractivity contribution in [2.24, 2.45) is 0 Å². The lowest BCUT2D eigenvalue weighted by Crippen LogP contribution is -2.24. The number of thioether (sulfide) groups is 1. The normalized spacial score (nSPS) is 13.5. The highest BCUT2D eigenvalue weighted by atomic mass is 32.2. The van der Waals surface area contributed by atoms with Crippen molar-refractivity contribution in [2.45, 2.75) is 32.5 Å². The van der Waals surface area contributed by atoms with Crippen molar-refractivity contribution in [3.05, 3.63) is 35.4 Å². The Hall–Kier alpha value is -0.680. The predicted molar refractivity (Wildman–Crippen MR) is 75.5 cm³/mol. The van der Waals surface area contributed by atoms with Gasteiger partial charge in [-0.3, -0.25) is 0 Å². The summed E-state index contributed by atoms with van der Waals surface area (Å²) in [5.74, 6) is 1.88. The zero-order chi connectivity index (χ0) is 14.3. The van der Waals surface area contributed by atoms with Crippen LogP contribution in [0.2, 0.25) is 0 Å². The van der Waals surface area contributed by atoms with Crippen LogP contribution in [-0.4, -0.2) is 18.1 Å². The fraction of sp³-hybridized carbons (Fsp3) is 0.571. The van der Waals surface area contributed by atoms with Crippen molar-refractivity contribution in [1.82, 2.24) is 5.32 Å². The van der Waals surface area contributed by atoms with E-state index in [0.29, 0.717) is 0 Å². The van der Waals surface area contributed by atoms with E-state index in [0.717, 1.165) is 42.2 Å². The molecule has 1 N–H and O–H groups in total. The van der Waals surface area contributed by atoms with Gasteiger partial charge in [0.05, 0.1) is 5.56 Å². The molecule has 0 aliphatic carbocycles. The Morgan fingerprint density at radius 3 is 2.26 bits per heavy atom. The van der Waals surface area contributed by atoms with Crippen molar-refractivity contribution in [2.75, 3.05) is 18.1 Å². The molecule has 1 aromatic rings. The van der Waals surface area contributed by atoms with E-state index in [2.05, 4.69) is 19.2 Å². The third-order valence-corrected chi connectivity index (χ3v) is 3.75. The molecule has 5 heteroatoms. The van der Waals surface area contributed by atoms with Crippen molar-refractivity contribution < 1.29 is 13.2 Å². The van der Waals surface area contributed by atoms with Gasteiger partial charge in [-0.1, -0.05) is 26.0 Å². The monoisotopic (exact) mass is 291 g/mol. The number of nitrogens with one attached hydrogen (secondary N) is 1. The molecule has 0 bridgehead atoms. The lowest BCUT2D eigenvalue weighted by Gasteiger charge is -2.19. The molecule has 0 aliphatic rings. The summed E-state index contributed by atoms with van der Waals surface area (Å²) < 4.78 is 37.5. The fourth-order valence-electron chi connectivity index (χ4n) is 1.73. The zero-order valence-corrected chi connectivity index (χ0v) is 12.1. The second kappa shape index (κ2) is 7.80. The number of benzene rings is 1. The van der Waals surface area contributed by atoms with Crippen LogP contribution in [-0.2, 0) is 6.18 Å². The highest BCUT2D eigenvalue weighted by molar-refractivity contribution is 7.99. The zero-order valence-electron chi connectivity index (χ0n) is 11.3. The quantitative estimate of drug-likeness (QED) is 0.794. The van der Waals surface area contributed by atoms with E-state index in [1.54, 1.807) is 23.9 Å². The van der Waals surface area contributed by atoms with Gasteiger partial charge in [-0.2, -0.15) is 24.9 Å². The predicted octanol–water partition coefficient (Wildman–Crippen LogP) is 4.50. The summed E-state index contributed by atoms with van der Waals surface area (Å²) in [4.78, 5) is 0. The van der Waals surface area contributed by atoms with Crippen molar-refractivity contribution in [3.63, 3.8) is 0 Å². The summed E-state index contributed by atoms with van der Waals surface area (Å²) in [5, 5.41) is 3.38. The lowest BCUT2D eigenvalue weighted by atomic mass is 10.1.